The summed E-state index contributed by atoms with van der Waals surface area (Å²) in [6.45, 7) is 5.31. The Morgan fingerprint density at radius 1 is 1.31 bits per heavy atom. The van der Waals surface area contributed by atoms with Gasteiger partial charge in [-0.3, -0.25) is 0 Å². The molecule has 0 spiro atoms. The van der Waals surface area contributed by atoms with Crippen molar-refractivity contribution in [1.29, 1.82) is 0 Å². The van der Waals surface area contributed by atoms with E-state index in [4.69, 9.17) is 17.3 Å². The van der Waals surface area contributed by atoms with E-state index in [-0.39, 0.29) is 27.1 Å². The Bertz CT molecular complexity index is 1110. The summed E-state index contributed by atoms with van der Waals surface area (Å²) in [5.41, 5.74) is 5.92. The summed E-state index contributed by atoms with van der Waals surface area (Å²) in [6, 6.07) is 4.56. The van der Waals surface area contributed by atoms with E-state index < -0.39 is 27.3 Å². The molecular formula is C20H22ClFN4O2S. The summed E-state index contributed by atoms with van der Waals surface area (Å²) in [4.78, 5) is 8.15. The molecule has 0 saturated carbocycles. The van der Waals surface area contributed by atoms with E-state index >= 15 is 0 Å². The average Bonchev–Trinajstić information content (AvgIpc) is 2.62. The number of halogens is 2. The van der Waals surface area contributed by atoms with Crippen LogP contribution in [-0.4, -0.2) is 23.9 Å². The summed E-state index contributed by atoms with van der Waals surface area (Å²) in [5.74, 6) is -0.981. The second kappa shape index (κ2) is 7.85. The molecule has 0 fully saturated rings. The van der Waals surface area contributed by atoms with Crippen LogP contribution < -0.4 is 10.5 Å². The first-order valence-electron chi connectivity index (χ1n) is 8.96. The van der Waals surface area contributed by atoms with E-state index in [0.717, 1.165) is 0 Å². The van der Waals surface area contributed by atoms with Gasteiger partial charge < -0.3 is 5.73 Å². The number of benzene rings is 1. The molecule has 9 heteroatoms. The van der Waals surface area contributed by atoms with Crippen molar-refractivity contribution >= 4 is 27.4 Å². The van der Waals surface area contributed by atoms with Gasteiger partial charge in [0.1, 0.15) is 5.82 Å². The van der Waals surface area contributed by atoms with Crippen molar-refractivity contribution in [2.45, 2.75) is 38.6 Å². The van der Waals surface area contributed by atoms with Crippen LogP contribution in [0.5, 0.6) is 0 Å². The van der Waals surface area contributed by atoms with Gasteiger partial charge in [0, 0.05) is 17.0 Å². The fourth-order valence-electron chi connectivity index (χ4n) is 3.11. The highest BCUT2D eigenvalue weighted by Gasteiger charge is 2.31. The zero-order chi connectivity index (χ0) is 21.4. The normalized spacial score (nSPS) is 17.3. The molecule has 1 aromatic carbocycles. The highest BCUT2D eigenvalue weighted by molar-refractivity contribution is 7.93. The van der Waals surface area contributed by atoms with Gasteiger partial charge in [0.05, 0.1) is 16.8 Å². The molecule has 1 heterocycles. The van der Waals surface area contributed by atoms with Gasteiger partial charge in [-0.25, -0.2) is 27.5 Å². The summed E-state index contributed by atoms with van der Waals surface area (Å²) >= 11 is 5.88. The Labute approximate surface area is 174 Å². The molecule has 1 unspecified atom stereocenters. The third kappa shape index (κ3) is 4.83. The molecule has 1 atom stereocenters. The maximum Gasteiger partial charge on any atom is 0.237 e. The molecule has 3 N–H and O–H groups in total. The van der Waals surface area contributed by atoms with Gasteiger partial charge in [-0.05, 0) is 51.0 Å². The predicted molar refractivity (Wildman–Crippen MR) is 113 cm³/mol. The molecule has 0 amide bonds. The lowest BCUT2D eigenvalue weighted by Gasteiger charge is -2.27. The van der Waals surface area contributed by atoms with Crippen molar-refractivity contribution in [2.75, 3.05) is 5.73 Å². The molecule has 154 valence electrons. The van der Waals surface area contributed by atoms with E-state index in [2.05, 4.69) is 14.7 Å². The zero-order valence-electron chi connectivity index (χ0n) is 16.3. The number of nitrogens with zero attached hydrogens (tertiary/aromatic N) is 2. The SMILES string of the molecule is CC(C)(C)NS(=O)(=O)C1=CC=CCC1c1ccc(-c2cnc(N)c(Cl)n2)c(F)c1. The number of nitrogens with two attached hydrogens (primary N) is 1. The van der Waals surface area contributed by atoms with Crippen LogP contribution in [-0.2, 0) is 10.0 Å². The predicted octanol–water partition coefficient (Wildman–Crippen LogP) is 4.16. The van der Waals surface area contributed by atoms with E-state index in [1.165, 1.54) is 12.3 Å². The lowest BCUT2D eigenvalue weighted by atomic mass is 9.91. The Hall–Kier alpha value is -2.29. The van der Waals surface area contributed by atoms with E-state index in [0.29, 0.717) is 12.0 Å². The lowest BCUT2D eigenvalue weighted by Crippen LogP contribution is -2.42. The van der Waals surface area contributed by atoms with Crippen LogP contribution in [0.2, 0.25) is 5.15 Å². The average molecular weight is 437 g/mol. The van der Waals surface area contributed by atoms with Gasteiger partial charge in [-0.15, -0.1) is 0 Å². The van der Waals surface area contributed by atoms with Gasteiger partial charge in [0.15, 0.2) is 11.0 Å². The zero-order valence-corrected chi connectivity index (χ0v) is 17.9. The summed E-state index contributed by atoms with van der Waals surface area (Å²) in [7, 11) is -3.74. The molecular weight excluding hydrogens is 415 g/mol. The smallest absolute Gasteiger partial charge is 0.237 e. The number of rotatable bonds is 4. The maximum absolute atomic E-state index is 14.9. The molecule has 1 aliphatic rings. The largest absolute Gasteiger partial charge is 0.381 e. The molecule has 1 aromatic heterocycles. The number of anilines is 1. The molecule has 1 aliphatic carbocycles. The topological polar surface area (TPSA) is 98.0 Å². The van der Waals surface area contributed by atoms with E-state index in [9.17, 15) is 12.8 Å². The minimum atomic E-state index is -3.74. The lowest BCUT2D eigenvalue weighted by molar-refractivity contribution is 0.493. The van der Waals surface area contributed by atoms with Crippen LogP contribution in [0.25, 0.3) is 11.3 Å². The van der Waals surface area contributed by atoms with Crippen LogP contribution in [0.4, 0.5) is 10.2 Å². The van der Waals surface area contributed by atoms with Gasteiger partial charge in [-0.2, -0.15) is 0 Å². The quantitative estimate of drug-likeness (QED) is 0.749. The van der Waals surface area contributed by atoms with Crippen LogP contribution in [0.3, 0.4) is 0 Å². The first-order chi connectivity index (χ1) is 13.5. The molecule has 0 bridgehead atoms. The van der Waals surface area contributed by atoms with Gasteiger partial charge in [-0.1, -0.05) is 29.8 Å². The van der Waals surface area contributed by atoms with Crippen molar-refractivity contribution in [3.63, 3.8) is 0 Å². The monoisotopic (exact) mass is 436 g/mol. The number of hydrogen-bond donors (Lipinski definition) is 2. The minimum absolute atomic E-state index is 0.00652. The van der Waals surface area contributed by atoms with Crippen molar-refractivity contribution < 1.29 is 12.8 Å². The highest BCUT2D eigenvalue weighted by Crippen LogP contribution is 2.36. The Morgan fingerprint density at radius 3 is 2.66 bits per heavy atom. The van der Waals surface area contributed by atoms with Gasteiger partial charge in [0.2, 0.25) is 10.0 Å². The number of allylic oxidation sites excluding steroid dienone is 4. The third-order valence-electron chi connectivity index (χ3n) is 4.29. The number of aromatic nitrogens is 2. The summed E-state index contributed by atoms with van der Waals surface area (Å²) in [6.07, 6.45) is 6.90. The number of nitrogen functional groups attached to an aromatic ring is 1. The van der Waals surface area contributed by atoms with Gasteiger partial charge >= 0.3 is 0 Å². The molecule has 29 heavy (non-hydrogen) atoms. The number of nitrogens with one attached hydrogen (secondary N) is 1. The Kier molecular flexibility index (Phi) is 5.80. The fourth-order valence-corrected chi connectivity index (χ4v) is 5.04. The van der Waals surface area contributed by atoms with Crippen LogP contribution >= 0.6 is 11.6 Å². The first-order valence-corrected chi connectivity index (χ1v) is 10.8. The van der Waals surface area contributed by atoms with Crippen LogP contribution in [0.1, 0.15) is 38.7 Å². The van der Waals surface area contributed by atoms with Crippen molar-refractivity contribution in [3.8, 4) is 11.3 Å². The molecule has 0 aliphatic heterocycles. The van der Waals surface area contributed by atoms with Crippen molar-refractivity contribution in [1.82, 2.24) is 14.7 Å². The van der Waals surface area contributed by atoms with Crippen LogP contribution in [0.15, 0.2) is 47.5 Å². The van der Waals surface area contributed by atoms with Crippen molar-refractivity contribution in [3.05, 3.63) is 64.1 Å². The molecule has 2 aromatic rings. The second-order valence-corrected chi connectivity index (χ2v) is 9.85. The second-order valence-electron chi connectivity index (χ2n) is 7.81. The van der Waals surface area contributed by atoms with Crippen molar-refractivity contribution in [2.24, 2.45) is 0 Å². The summed E-state index contributed by atoms with van der Waals surface area (Å²) in [5, 5.41) is -0.00652. The number of sulfonamides is 1. The van der Waals surface area contributed by atoms with E-state index in [1.807, 2.05) is 6.08 Å². The maximum atomic E-state index is 14.9. The molecule has 0 radical (unpaired) electrons. The summed E-state index contributed by atoms with van der Waals surface area (Å²) < 4.78 is 43.3. The van der Waals surface area contributed by atoms with E-state index in [1.54, 1.807) is 45.1 Å². The highest BCUT2D eigenvalue weighted by atomic mass is 35.5. The fraction of sp³-hybridized carbons (Fsp3) is 0.300. The van der Waals surface area contributed by atoms with Crippen LogP contribution in [0, 0.1) is 5.82 Å². The molecule has 3 rings (SSSR count). The Morgan fingerprint density at radius 2 is 2.03 bits per heavy atom. The third-order valence-corrected chi connectivity index (χ3v) is 6.49. The minimum Gasteiger partial charge on any atom is -0.381 e. The van der Waals surface area contributed by atoms with Gasteiger partial charge in [0.25, 0.3) is 0 Å². The standard InChI is InChI=1S/C20H22ClFN4O2S/c1-20(2,3)26-29(27,28)17-7-5-4-6-13(17)12-8-9-14(15(22)10-12)16-11-24-19(23)18(21)25-16/h4-5,7-11,13,26H,6H2,1-3H3,(H2,23,24). The first kappa shape index (κ1) is 21.4. The Balaban J connectivity index is 1.97. The number of hydrogen-bond acceptors (Lipinski definition) is 5. The molecule has 0 saturated heterocycles. The molecule has 6 nitrogen and oxygen atoms in total.